The molecule has 0 aliphatic rings. The number of rotatable bonds is 8. The molecule has 0 saturated heterocycles. The largest absolute Gasteiger partial charge is 0.480 e. The van der Waals surface area contributed by atoms with Crippen LogP contribution in [0.15, 0.2) is 0 Å². The molecular weight excluding hydrogens is 240 g/mol. The topological polar surface area (TPSA) is 92.4 Å². The van der Waals surface area contributed by atoms with Crippen LogP contribution >= 0.6 is 11.8 Å². The number of carbonyl (C=O) groups excluding carboxylic acids is 1. The van der Waals surface area contributed by atoms with Gasteiger partial charge >= 0.3 is 5.97 Å². The van der Waals surface area contributed by atoms with Crippen LogP contribution in [0.5, 0.6) is 0 Å². The molecule has 5 nitrogen and oxygen atoms in total. The number of aliphatic carboxylic acids is 1. The molecule has 0 aromatic heterocycles. The summed E-state index contributed by atoms with van der Waals surface area (Å²) >= 11 is 1.61. The molecule has 0 fully saturated rings. The Kier molecular flexibility index (Phi) is 7.99. The Morgan fingerprint density at radius 2 is 2.06 bits per heavy atom. The number of hydrogen-bond acceptors (Lipinski definition) is 4. The first kappa shape index (κ1) is 16.2. The van der Waals surface area contributed by atoms with Crippen LogP contribution in [0.2, 0.25) is 0 Å². The van der Waals surface area contributed by atoms with Crippen molar-refractivity contribution in [1.82, 2.24) is 5.32 Å². The molecule has 2 unspecified atom stereocenters. The Balaban J connectivity index is 4.35. The molecular formula is C11H22N2O3S. The van der Waals surface area contributed by atoms with Crippen molar-refractivity contribution < 1.29 is 14.7 Å². The first-order chi connectivity index (χ1) is 7.93. The summed E-state index contributed by atoms with van der Waals surface area (Å²) in [4.78, 5) is 22.7. The number of carbonyl (C=O) groups is 2. The van der Waals surface area contributed by atoms with Gasteiger partial charge in [0.25, 0.3) is 0 Å². The van der Waals surface area contributed by atoms with Gasteiger partial charge in [0.2, 0.25) is 5.91 Å². The van der Waals surface area contributed by atoms with Crippen LogP contribution in [0, 0.1) is 5.92 Å². The minimum Gasteiger partial charge on any atom is -0.480 e. The molecule has 0 bridgehead atoms. The normalized spacial score (nSPS) is 16.0. The summed E-state index contributed by atoms with van der Waals surface area (Å²) in [6.07, 6.45) is 3.18. The van der Waals surface area contributed by atoms with Crippen molar-refractivity contribution in [2.24, 2.45) is 11.7 Å². The number of carboxylic acids is 1. The molecule has 0 aromatic carbocycles. The maximum absolute atomic E-state index is 11.7. The van der Waals surface area contributed by atoms with Gasteiger partial charge in [-0.2, -0.15) is 11.8 Å². The van der Waals surface area contributed by atoms with Crippen LogP contribution in [0.3, 0.4) is 0 Å². The Morgan fingerprint density at radius 3 is 2.47 bits per heavy atom. The molecule has 17 heavy (non-hydrogen) atoms. The third kappa shape index (κ3) is 5.93. The van der Waals surface area contributed by atoms with Crippen molar-refractivity contribution in [3.63, 3.8) is 0 Å². The van der Waals surface area contributed by atoms with Gasteiger partial charge in [-0.3, -0.25) is 4.79 Å². The molecule has 0 aliphatic carbocycles. The third-order valence-electron chi connectivity index (χ3n) is 2.75. The lowest BCUT2D eigenvalue weighted by Crippen LogP contribution is -2.51. The van der Waals surface area contributed by atoms with E-state index in [1.54, 1.807) is 18.7 Å². The van der Waals surface area contributed by atoms with Crippen LogP contribution < -0.4 is 11.1 Å². The van der Waals surface area contributed by atoms with E-state index >= 15 is 0 Å². The Hall–Kier alpha value is -0.750. The highest BCUT2D eigenvalue weighted by atomic mass is 32.2. The molecule has 4 N–H and O–H groups in total. The van der Waals surface area contributed by atoms with E-state index in [1.165, 1.54) is 0 Å². The number of hydrogen-bond donors (Lipinski definition) is 3. The molecule has 3 atom stereocenters. The van der Waals surface area contributed by atoms with E-state index in [0.717, 1.165) is 5.75 Å². The van der Waals surface area contributed by atoms with E-state index in [2.05, 4.69) is 5.32 Å². The van der Waals surface area contributed by atoms with Crippen LogP contribution in [0.1, 0.15) is 26.7 Å². The van der Waals surface area contributed by atoms with Crippen LogP contribution in [0.25, 0.3) is 0 Å². The summed E-state index contributed by atoms with van der Waals surface area (Å²) in [5.41, 5.74) is 5.68. The molecule has 6 heteroatoms. The summed E-state index contributed by atoms with van der Waals surface area (Å²) < 4.78 is 0. The van der Waals surface area contributed by atoms with Gasteiger partial charge in [-0.1, -0.05) is 20.3 Å². The molecule has 0 aliphatic heterocycles. The number of amides is 1. The zero-order chi connectivity index (χ0) is 13.4. The highest BCUT2D eigenvalue weighted by Crippen LogP contribution is 2.08. The standard InChI is InChI=1S/C11H22N2O3S/c1-4-7(2)9(11(15)16)13-10(14)8(12)5-6-17-3/h7-9H,4-6,12H2,1-3H3,(H,13,14)(H,15,16)/t7?,8-,9?/m0/s1. The zero-order valence-corrected chi connectivity index (χ0v) is 11.4. The maximum atomic E-state index is 11.7. The van der Waals surface area contributed by atoms with Gasteiger partial charge < -0.3 is 16.2 Å². The molecule has 100 valence electrons. The predicted octanol–water partition coefficient (Wildman–Crippen LogP) is 0.682. The second-order valence-electron chi connectivity index (χ2n) is 4.10. The Labute approximate surface area is 107 Å². The molecule has 1 amide bonds. The minimum absolute atomic E-state index is 0.107. The average Bonchev–Trinajstić information content (AvgIpc) is 2.31. The SMILES string of the molecule is CCC(C)C(NC(=O)[C@@H](N)CCSC)C(=O)O. The first-order valence-corrected chi connectivity index (χ1v) is 7.11. The van der Waals surface area contributed by atoms with E-state index in [0.29, 0.717) is 12.8 Å². The van der Waals surface area contributed by atoms with Crippen molar-refractivity contribution in [1.29, 1.82) is 0 Å². The third-order valence-corrected chi connectivity index (χ3v) is 3.39. The van der Waals surface area contributed by atoms with Gasteiger partial charge in [-0.25, -0.2) is 4.79 Å². The molecule has 0 radical (unpaired) electrons. The van der Waals surface area contributed by atoms with Crippen molar-refractivity contribution in [2.45, 2.75) is 38.8 Å². The highest BCUT2D eigenvalue weighted by Gasteiger charge is 2.27. The highest BCUT2D eigenvalue weighted by molar-refractivity contribution is 7.98. The Morgan fingerprint density at radius 1 is 1.47 bits per heavy atom. The molecule has 0 saturated carbocycles. The lowest BCUT2D eigenvalue weighted by molar-refractivity contribution is -0.143. The number of nitrogens with two attached hydrogens (primary N) is 1. The van der Waals surface area contributed by atoms with Crippen LogP contribution in [-0.4, -0.2) is 41.1 Å². The molecule has 0 spiro atoms. The summed E-state index contributed by atoms with van der Waals surface area (Å²) in [6.45, 7) is 3.69. The van der Waals surface area contributed by atoms with Gasteiger partial charge in [0, 0.05) is 0 Å². The number of thioether (sulfide) groups is 1. The Bertz CT molecular complexity index is 261. The predicted molar refractivity (Wildman–Crippen MR) is 70.0 cm³/mol. The fourth-order valence-electron chi connectivity index (χ4n) is 1.32. The fourth-order valence-corrected chi connectivity index (χ4v) is 1.81. The van der Waals surface area contributed by atoms with E-state index in [1.807, 2.05) is 13.2 Å². The summed E-state index contributed by atoms with van der Waals surface area (Å²) in [6, 6.07) is -1.49. The van der Waals surface area contributed by atoms with Gasteiger partial charge in [0.1, 0.15) is 6.04 Å². The summed E-state index contributed by atoms with van der Waals surface area (Å²) in [5.74, 6) is -0.712. The average molecular weight is 262 g/mol. The summed E-state index contributed by atoms with van der Waals surface area (Å²) in [5, 5.41) is 11.5. The second kappa shape index (κ2) is 8.36. The number of nitrogens with one attached hydrogen (secondary N) is 1. The summed E-state index contributed by atoms with van der Waals surface area (Å²) in [7, 11) is 0. The number of carboxylic acid groups (broad SMARTS) is 1. The van der Waals surface area contributed by atoms with Crippen molar-refractivity contribution in [2.75, 3.05) is 12.0 Å². The van der Waals surface area contributed by atoms with Crippen molar-refractivity contribution in [3.05, 3.63) is 0 Å². The monoisotopic (exact) mass is 262 g/mol. The lowest BCUT2D eigenvalue weighted by Gasteiger charge is -2.22. The van der Waals surface area contributed by atoms with Crippen LogP contribution in [-0.2, 0) is 9.59 Å². The van der Waals surface area contributed by atoms with Gasteiger partial charge in [0.15, 0.2) is 0 Å². The minimum atomic E-state index is -1.01. The van der Waals surface area contributed by atoms with E-state index < -0.39 is 18.1 Å². The van der Waals surface area contributed by atoms with E-state index in [-0.39, 0.29) is 11.8 Å². The smallest absolute Gasteiger partial charge is 0.326 e. The van der Waals surface area contributed by atoms with Gasteiger partial charge in [-0.15, -0.1) is 0 Å². The maximum Gasteiger partial charge on any atom is 0.326 e. The quantitative estimate of drug-likeness (QED) is 0.598. The zero-order valence-electron chi connectivity index (χ0n) is 10.6. The second-order valence-corrected chi connectivity index (χ2v) is 5.08. The van der Waals surface area contributed by atoms with E-state index in [9.17, 15) is 9.59 Å². The van der Waals surface area contributed by atoms with E-state index in [4.69, 9.17) is 10.8 Å². The molecule has 0 rings (SSSR count). The van der Waals surface area contributed by atoms with Crippen LogP contribution in [0.4, 0.5) is 0 Å². The fraction of sp³-hybridized carbons (Fsp3) is 0.818. The molecule has 0 heterocycles. The van der Waals surface area contributed by atoms with Crippen molar-refractivity contribution >= 4 is 23.6 Å². The van der Waals surface area contributed by atoms with Crippen molar-refractivity contribution in [3.8, 4) is 0 Å². The van der Waals surface area contributed by atoms with Gasteiger partial charge in [0.05, 0.1) is 6.04 Å². The first-order valence-electron chi connectivity index (χ1n) is 5.71. The van der Waals surface area contributed by atoms with Gasteiger partial charge in [-0.05, 0) is 24.3 Å². The lowest BCUT2D eigenvalue weighted by atomic mass is 9.99. The molecule has 0 aromatic rings.